The fourth-order valence-electron chi connectivity index (χ4n) is 3.62. The number of aromatic amines is 1. The summed E-state index contributed by atoms with van der Waals surface area (Å²) in [6.07, 6.45) is 1.72. The fourth-order valence-corrected chi connectivity index (χ4v) is 3.62. The molecule has 118 valence electrons. The van der Waals surface area contributed by atoms with Gasteiger partial charge in [-0.25, -0.2) is 0 Å². The smallest absolute Gasteiger partial charge is 0.259 e. The van der Waals surface area contributed by atoms with Crippen LogP contribution in [-0.2, 0) is 12.8 Å². The molecule has 1 heterocycles. The number of benzene rings is 2. The van der Waals surface area contributed by atoms with Gasteiger partial charge in [-0.3, -0.25) is 9.59 Å². The molecular formula is C21H17NO2. The predicted molar refractivity (Wildman–Crippen MR) is 95.3 cm³/mol. The van der Waals surface area contributed by atoms with Crippen LogP contribution in [0.1, 0.15) is 28.4 Å². The van der Waals surface area contributed by atoms with Gasteiger partial charge in [0.1, 0.15) is 0 Å². The lowest BCUT2D eigenvalue weighted by Gasteiger charge is -2.24. The number of aromatic nitrogens is 1. The number of pyridine rings is 1. The van der Waals surface area contributed by atoms with E-state index in [0.29, 0.717) is 0 Å². The van der Waals surface area contributed by atoms with Crippen LogP contribution in [0.15, 0.2) is 59.4 Å². The Bertz CT molecular complexity index is 1000. The summed E-state index contributed by atoms with van der Waals surface area (Å²) in [5, 5.41) is 0. The second-order valence-corrected chi connectivity index (χ2v) is 6.14. The van der Waals surface area contributed by atoms with Gasteiger partial charge >= 0.3 is 0 Å². The monoisotopic (exact) mass is 315 g/mol. The summed E-state index contributed by atoms with van der Waals surface area (Å²) >= 11 is 0. The largest absolute Gasteiger partial charge is 0.321 e. The van der Waals surface area contributed by atoms with Gasteiger partial charge in [0.15, 0.2) is 5.78 Å². The summed E-state index contributed by atoms with van der Waals surface area (Å²) in [7, 11) is 0. The Morgan fingerprint density at radius 2 is 1.67 bits per heavy atom. The molecule has 1 aliphatic carbocycles. The molecule has 3 heteroatoms. The molecule has 1 aromatic heterocycles. The minimum absolute atomic E-state index is 0.191. The van der Waals surface area contributed by atoms with Crippen molar-refractivity contribution in [2.45, 2.75) is 19.8 Å². The molecule has 0 spiro atoms. The third-order valence-corrected chi connectivity index (χ3v) is 4.66. The number of rotatable bonds is 2. The van der Waals surface area contributed by atoms with Gasteiger partial charge in [0.05, 0.1) is 11.3 Å². The molecule has 0 atom stereocenters. The number of fused-ring (bicyclic) bond motifs is 3. The Morgan fingerprint density at radius 1 is 0.958 bits per heavy atom. The molecule has 0 amide bonds. The maximum Gasteiger partial charge on any atom is 0.259 e. The number of carbonyl (C=O) groups excluding carboxylic acids is 1. The van der Waals surface area contributed by atoms with E-state index < -0.39 is 0 Å². The Balaban J connectivity index is 2.12. The highest BCUT2D eigenvalue weighted by atomic mass is 16.1. The SMILES string of the molecule is CC(=O)c1c2c(c(-c3ccccc3)[nH]c1=O)CCc1ccccc1-2. The van der Waals surface area contributed by atoms with E-state index in [9.17, 15) is 9.59 Å². The van der Waals surface area contributed by atoms with Crippen LogP contribution in [0.2, 0.25) is 0 Å². The molecule has 0 saturated heterocycles. The topological polar surface area (TPSA) is 49.9 Å². The highest BCUT2D eigenvalue weighted by Gasteiger charge is 2.26. The van der Waals surface area contributed by atoms with Crippen LogP contribution in [0.3, 0.4) is 0 Å². The number of H-pyrrole nitrogens is 1. The van der Waals surface area contributed by atoms with E-state index in [2.05, 4.69) is 11.1 Å². The molecule has 0 radical (unpaired) electrons. The van der Waals surface area contributed by atoms with Gasteiger partial charge in [-0.2, -0.15) is 0 Å². The van der Waals surface area contributed by atoms with Gasteiger partial charge in [0.2, 0.25) is 0 Å². The number of Topliss-reactive ketones (excluding diaryl/α,β-unsaturated/α-hetero) is 1. The lowest BCUT2D eigenvalue weighted by atomic mass is 9.81. The number of hydrogen-bond acceptors (Lipinski definition) is 2. The Hall–Kier alpha value is -2.94. The van der Waals surface area contributed by atoms with E-state index in [1.807, 2.05) is 48.5 Å². The van der Waals surface area contributed by atoms with Crippen molar-refractivity contribution < 1.29 is 4.79 Å². The number of hydrogen-bond donors (Lipinski definition) is 1. The molecule has 0 saturated carbocycles. The molecule has 24 heavy (non-hydrogen) atoms. The third kappa shape index (κ3) is 2.21. The second-order valence-electron chi connectivity index (χ2n) is 6.14. The van der Waals surface area contributed by atoms with Gasteiger partial charge in [0, 0.05) is 5.56 Å². The molecule has 3 nitrogen and oxygen atoms in total. The quantitative estimate of drug-likeness (QED) is 0.726. The van der Waals surface area contributed by atoms with Crippen LogP contribution in [-0.4, -0.2) is 10.8 Å². The van der Waals surface area contributed by atoms with Gasteiger partial charge in [-0.05, 0) is 42.0 Å². The summed E-state index contributed by atoms with van der Waals surface area (Å²) in [6.45, 7) is 1.46. The Kier molecular flexibility index (Phi) is 3.42. The highest BCUT2D eigenvalue weighted by Crippen LogP contribution is 2.38. The number of carbonyl (C=O) groups is 1. The average Bonchev–Trinajstić information content (AvgIpc) is 2.61. The molecule has 4 rings (SSSR count). The van der Waals surface area contributed by atoms with Crippen LogP contribution in [0.5, 0.6) is 0 Å². The molecule has 0 fully saturated rings. The molecule has 0 bridgehead atoms. The maximum absolute atomic E-state index is 12.7. The van der Waals surface area contributed by atoms with Crippen LogP contribution >= 0.6 is 0 Å². The van der Waals surface area contributed by atoms with Crippen molar-refractivity contribution in [2.75, 3.05) is 0 Å². The van der Waals surface area contributed by atoms with E-state index in [1.165, 1.54) is 12.5 Å². The van der Waals surface area contributed by atoms with Gasteiger partial charge in [-0.1, -0.05) is 54.6 Å². The zero-order chi connectivity index (χ0) is 16.7. The number of nitrogens with one attached hydrogen (secondary N) is 1. The molecule has 0 aliphatic heterocycles. The predicted octanol–water partition coefficient (Wildman–Crippen LogP) is 4.01. The van der Waals surface area contributed by atoms with Crippen molar-refractivity contribution in [2.24, 2.45) is 0 Å². The lowest BCUT2D eigenvalue weighted by molar-refractivity contribution is 0.101. The summed E-state index contributed by atoms with van der Waals surface area (Å²) in [5.41, 5.74) is 5.84. The average molecular weight is 315 g/mol. The minimum Gasteiger partial charge on any atom is -0.321 e. The van der Waals surface area contributed by atoms with Crippen molar-refractivity contribution in [1.82, 2.24) is 4.98 Å². The van der Waals surface area contributed by atoms with E-state index in [0.717, 1.165) is 40.8 Å². The van der Waals surface area contributed by atoms with Crippen LogP contribution in [0, 0.1) is 0 Å². The standard InChI is InChI=1S/C21H17NO2/c1-13(23)18-19-16-10-6-5-7-14(16)11-12-17(19)20(22-21(18)24)15-8-3-2-4-9-15/h2-10H,11-12H2,1H3,(H,22,24). The minimum atomic E-state index is -0.309. The van der Waals surface area contributed by atoms with Gasteiger partial charge in [-0.15, -0.1) is 0 Å². The first-order valence-corrected chi connectivity index (χ1v) is 8.10. The van der Waals surface area contributed by atoms with Gasteiger partial charge < -0.3 is 4.98 Å². The Labute approximate surface area is 140 Å². The van der Waals surface area contributed by atoms with Crippen molar-refractivity contribution >= 4 is 5.78 Å². The van der Waals surface area contributed by atoms with Crippen LogP contribution in [0.25, 0.3) is 22.4 Å². The van der Waals surface area contributed by atoms with Crippen LogP contribution in [0.4, 0.5) is 0 Å². The van der Waals surface area contributed by atoms with Crippen LogP contribution < -0.4 is 5.56 Å². The van der Waals surface area contributed by atoms with Crippen molar-refractivity contribution in [1.29, 1.82) is 0 Å². The first-order valence-electron chi connectivity index (χ1n) is 8.10. The first kappa shape index (κ1) is 14.6. The highest BCUT2D eigenvalue weighted by molar-refractivity contribution is 6.03. The fraction of sp³-hybridized carbons (Fsp3) is 0.143. The summed E-state index contributed by atoms with van der Waals surface area (Å²) in [4.78, 5) is 27.8. The zero-order valence-corrected chi connectivity index (χ0v) is 13.4. The molecule has 0 unspecified atom stereocenters. The van der Waals surface area contributed by atoms with E-state index in [-0.39, 0.29) is 16.9 Å². The number of aryl methyl sites for hydroxylation is 1. The summed E-state index contributed by atoms with van der Waals surface area (Å²) in [6, 6.07) is 17.9. The van der Waals surface area contributed by atoms with Gasteiger partial charge in [0.25, 0.3) is 5.56 Å². The van der Waals surface area contributed by atoms with Crippen molar-refractivity contribution in [3.63, 3.8) is 0 Å². The second kappa shape index (κ2) is 5.60. The van der Waals surface area contributed by atoms with E-state index >= 15 is 0 Å². The summed E-state index contributed by atoms with van der Waals surface area (Å²) in [5.74, 6) is -0.191. The third-order valence-electron chi connectivity index (χ3n) is 4.66. The van der Waals surface area contributed by atoms with Crippen molar-refractivity contribution in [3.8, 4) is 22.4 Å². The lowest BCUT2D eigenvalue weighted by Crippen LogP contribution is -2.23. The zero-order valence-electron chi connectivity index (χ0n) is 13.4. The normalized spacial score (nSPS) is 12.4. The maximum atomic E-state index is 12.7. The van der Waals surface area contributed by atoms with E-state index in [1.54, 1.807) is 0 Å². The van der Waals surface area contributed by atoms with Crippen molar-refractivity contribution in [3.05, 3.63) is 81.6 Å². The summed E-state index contributed by atoms with van der Waals surface area (Å²) < 4.78 is 0. The molecule has 2 aromatic carbocycles. The molecule has 1 N–H and O–H groups in total. The molecule has 3 aromatic rings. The Morgan fingerprint density at radius 3 is 2.42 bits per heavy atom. The molecular weight excluding hydrogens is 298 g/mol. The van der Waals surface area contributed by atoms with E-state index in [4.69, 9.17) is 0 Å². The number of ketones is 1. The first-order chi connectivity index (χ1) is 11.7. The molecule has 1 aliphatic rings.